The van der Waals surface area contributed by atoms with Gasteiger partial charge >= 0.3 is 5.97 Å². The molecule has 0 aliphatic rings. The normalized spacial score (nSPS) is 10.2. The summed E-state index contributed by atoms with van der Waals surface area (Å²) < 4.78 is 15.7. The van der Waals surface area contributed by atoms with Gasteiger partial charge in [-0.05, 0) is 24.1 Å². The van der Waals surface area contributed by atoms with Crippen molar-refractivity contribution >= 4 is 5.97 Å². The predicted octanol–water partition coefficient (Wildman–Crippen LogP) is 1.87. The van der Waals surface area contributed by atoms with E-state index >= 15 is 0 Å². The van der Waals surface area contributed by atoms with Crippen LogP contribution in [0.5, 0.6) is 11.5 Å². The molecule has 100 valence electrons. The van der Waals surface area contributed by atoms with Crippen LogP contribution in [0.3, 0.4) is 0 Å². The Morgan fingerprint density at radius 2 is 1.72 bits per heavy atom. The van der Waals surface area contributed by atoms with Crippen LogP contribution in [0.1, 0.15) is 17.5 Å². The van der Waals surface area contributed by atoms with Crippen LogP contribution in [0, 0.1) is 0 Å². The Labute approximate surface area is 106 Å². The monoisotopic (exact) mass is 254 g/mol. The topological polar surface area (TPSA) is 65.0 Å². The molecule has 0 unspecified atom stereocenters. The van der Waals surface area contributed by atoms with Gasteiger partial charge in [-0.2, -0.15) is 0 Å². The Kier molecular flexibility index (Phi) is 5.45. The highest BCUT2D eigenvalue weighted by Crippen LogP contribution is 2.31. The average molecular weight is 254 g/mol. The van der Waals surface area contributed by atoms with Gasteiger partial charge in [0.05, 0.1) is 26.4 Å². The van der Waals surface area contributed by atoms with Crippen molar-refractivity contribution in [1.29, 1.82) is 0 Å². The third kappa shape index (κ3) is 3.63. The molecule has 1 aromatic rings. The maximum absolute atomic E-state index is 10.6. The van der Waals surface area contributed by atoms with Gasteiger partial charge in [0.2, 0.25) is 0 Å². The van der Waals surface area contributed by atoms with Crippen LogP contribution in [0.25, 0.3) is 0 Å². The molecule has 0 atom stereocenters. The van der Waals surface area contributed by atoms with Gasteiger partial charge in [0.15, 0.2) is 0 Å². The number of hydrogen-bond acceptors (Lipinski definition) is 4. The first-order chi connectivity index (χ1) is 8.62. The zero-order chi connectivity index (χ0) is 13.5. The minimum absolute atomic E-state index is 0.0793. The van der Waals surface area contributed by atoms with Gasteiger partial charge in [0.1, 0.15) is 11.5 Å². The molecule has 5 heteroatoms. The minimum atomic E-state index is -0.825. The Morgan fingerprint density at radius 3 is 2.11 bits per heavy atom. The van der Waals surface area contributed by atoms with Gasteiger partial charge < -0.3 is 19.3 Å². The molecule has 0 bridgehead atoms. The Hall–Kier alpha value is -1.75. The second-order valence-corrected chi connectivity index (χ2v) is 3.81. The fourth-order valence-corrected chi connectivity index (χ4v) is 1.72. The maximum atomic E-state index is 10.6. The highest BCUT2D eigenvalue weighted by atomic mass is 16.5. The maximum Gasteiger partial charge on any atom is 0.303 e. The minimum Gasteiger partial charge on any atom is -0.496 e. The van der Waals surface area contributed by atoms with Gasteiger partial charge in [-0.1, -0.05) is 0 Å². The molecular formula is C13H18O5. The van der Waals surface area contributed by atoms with Crippen molar-refractivity contribution in [3.63, 3.8) is 0 Å². The summed E-state index contributed by atoms with van der Waals surface area (Å²) >= 11 is 0. The van der Waals surface area contributed by atoms with Crippen molar-refractivity contribution in [2.75, 3.05) is 21.3 Å². The number of carboxylic acids is 1. The first-order valence-corrected chi connectivity index (χ1v) is 5.56. The summed E-state index contributed by atoms with van der Waals surface area (Å²) in [7, 11) is 4.72. The molecule has 0 heterocycles. The van der Waals surface area contributed by atoms with E-state index in [4.69, 9.17) is 19.3 Å². The largest absolute Gasteiger partial charge is 0.496 e. The number of hydrogen-bond donors (Lipinski definition) is 1. The highest BCUT2D eigenvalue weighted by Gasteiger charge is 2.13. The van der Waals surface area contributed by atoms with E-state index in [-0.39, 0.29) is 6.42 Å². The molecule has 18 heavy (non-hydrogen) atoms. The summed E-state index contributed by atoms with van der Waals surface area (Å²) in [5.41, 5.74) is 1.69. The van der Waals surface area contributed by atoms with Gasteiger partial charge in [0.25, 0.3) is 0 Å². The lowest BCUT2D eigenvalue weighted by Crippen LogP contribution is -2.02. The number of carboxylic acid groups (broad SMARTS) is 1. The van der Waals surface area contributed by atoms with Crippen LogP contribution < -0.4 is 9.47 Å². The van der Waals surface area contributed by atoms with E-state index in [0.29, 0.717) is 24.5 Å². The van der Waals surface area contributed by atoms with E-state index in [1.54, 1.807) is 21.3 Å². The standard InChI is InChI=1S/C13H18O5/c1-16-8-10-11(17-2)6-9(4-5-13(14)15)7-12(10)18-3/h6-7H,4-5,8H2,1-3H3,(H,14,15). The first-order valence-electron chi connectivity index (χ1n) is 5.56. The van der Waals surface area contributed by atoms with Crippen molar-refractivity contribution in [1.82, 2.24) is 0 Å². The molecule has 0 saturated carbocycles. The lowest BCUT2D eigenvalue weighted by Gasteiger charge is -2.14. The molecule has 5 nitrogen and oxygen atoms in total. The van der Waals surface area contributed by atoms with Gasteiger partial charge in [0, 0.05) is 13.5 Å². The van der Waals surface area contributed by atoms with Gasteiger partial charge in [-0.15, -0.1) is 0 Å². The van der Waals surface area contributed by atoms with E-state index < -0.39 is 5.97 Å². The van der Waals surface area contributed by atoms with E-state index in [0.717, 1.165) is 11.1 Å². The molecule has 0 saturated heterocycles. The van der Waals surface area contributed by atoms with Crippen LogP contribution in [-0.4, -0.2) is 32.4 Å². The number of ether oxygens (including phenoxy) is 3. The SMILES string of the molecule is COCc1c(OC)cc(CCC(=O)O)cc1OC. The Morgan fingerprint density at radius 1 is 1.17 bits per heavy atom. The van der Waals surface area contributed by atoms with Crippen LogP contribution in [-0.2, 0) is 22.6 Å². The van der Waals surface area contributed by atoms with Crippen molar-refractivity contribution in [3.05, 3.63) is 23.3 Å². The second kappa shape index (κ2) is 6.86. The number of rotatable bonds is 7. The highest BCUT2D eigenvalue weighted by molar-refractivity contribution is 5.67. The zero-order valence-corrected chi connectivity index (χ0v) is 10.9. The van der Waals surface area contributed by atoms with Crippen molar-refractivity contribution in [2.45, 2.75) is 19.4 Å². The van der Waals surface area contributed by atoms with E-state index in [1.807, 2.05) is 12.1 Å². The molecule has 1 rings (SSSR count). The molecule has 0 fully saturated rings. The fourth-order valence-electron chi connectivity index (χ4n) is 1.72. The molecule has 0 radical (unpaired) electrons. The number of aryl methyl sites for hydroxylation is 1. The second-order valence-electron chi connectivity index (χ2n) is 3.81. The zero-order valence-electron chi connectivity index (χ0n) is 10.9. The van der Waals surface area contributed by atoms with E-state index in [9.17, 15) is 4.79 Å². The average Bonchev–Trinajstić information content (AvgIpc) is 2.37. The summed E-state index contributed by atoms with van der Waals surface area (Å²) in [6.45, 7) is 0.381. The number of carbonyl (C=O) groups is 1. The molecule has 0 aliphatic heterocycles. The summed E-state index contributed by atoms with van der Waals surface area (Å²) in [5, 5.41) is 8.68. The van der Waals surface area contributed by atoms with Gasteiger partial charge in [-0.25, -0.2) is 0 Å². The van der Waals surface area contributed by atoms with Crippen LogP contribution in [0.15, 0.2) is 12.1 Å². The van der Waals surface area contributed by atoms with E-state index in [1.165, 1.54) is 0 Å². The van der Waals surface area contributed by atoms with Gasteiger partial charge in [-0.3, -0.25) is 4.79 Å². The molecular weight excluding hydrogens is 236 g/mol. The summed E-state index contributed by atoms with van der Waals surface area (Å²) in [4.78, 5) is 10.6. The van der Waals surface area contributed by atoms with Crippen molar-refractivity contribution < 1.29 is 24.1 Å². The Bertz CT molecular complexity index is 389. The van der Waals surface area contributed by atoms with Crippen LogP contribution in [0.2, 0.25) is 0 Å². The third-order valence-corrected chi connectivity index (χ3v) is 2.58. The number of aliphatic carboxylic acids is 1. The molecule has 1 aromatic carbocycles. The summed E-state index contributed by atoms with van der Waals surface area (Å²) in [5.74, 6) is 0.474. The molecule has 0 spiro atoms. The van der Waals surface area contributed by atoms with Crippen molar-refractivity contribution in [2.24, 2.45) is 0 Å². The Balaban J connectivity index is 3.05. The number of methoxy groups -OCH3 is 3. The van der Waals surface area contributed by atoms with Crippen LogP contribution in [0.4, 0.5) is 0 Å². The first kappa shape index (κ1) is 14.3. The third-order valence-electron chi connectivity index (χ3n) is 2.58. The molecule has 0 amide bonds. The van der Waals surface area contributed by atoms with E-state index in [2.05, 4.69) is 0 Å². The van der Waals surface area contributed by atoms with Crippen molar-refractivity contribution in [3.8, 4) is 11.5 Å². The molecule has 1 N–H and O–H groups in total. The molecule has 0 aliphatic carbocycles. The van der Waals surface area contributed by atoms with Crippen LogP contribution >= 0.6 is 0 Å². The molecule has 0 aromatic heterocycles. The lowest BCUT2D eigenvalue weighted by atomic mass is 10.0. The predicted molar refractivity (Wildman–Crippen MR) is 66.2 cm³/mol. The quantitative estimate of drug-likeness (QED) is 0.804. The number of benzene rings is 1. The fraction of sp³-hybridized carbons (Fsp3) is 0.462. The smallest absolute Gasteiger partial charge is 0.303 e. The lowest BCUT2D eigenvalue weighted by molar-refractivity contribution is -0.136. The summed E-state index contributed by atoms with van der Waals surface area (Å²) in [6, 6.07) is 3.64. The summed E-state index contributed by atoms with van der Waals surface area (Å²) in [6.07, 6.45) is 0.519.